The molecule has 2 nitrogen and oxygen atoms in total. The fourth-order valence-electron chi connectivity index (χ4n) is 1.69. The van der Waals surface area contributed by atoms with Crippen LogP contribution in [0, 0.1) is 0 Å². The van der Waals surface area contributed by atoms with Crippen molar-refractivity contribution in [3.8, 4) is 10.6 Å². The van der Waals surface area contributed by atoms with Gasteiger partial charge in [0.25, 0.3) is 0 Å². The number of hydrogen-bond donors (Lipinski definition) is 1. The second-order valence-corrected chi connectivity index (χ2v) is 5.80. The van der Waals surface area contributed by atoms with E-state index in [0.29, 0.717) is 16.1 Å². The highest BCUT2D eigenvalue weighted by Gasteiger charge is 2.13. The van der Waals surface area contributed by atoms with Gasteiger partial charge >= 0.3 is 0 Å². The molecule has 1 aromatic heterocycles. The molecular formula is C13H14Cl2N2S. The molecule has 1 atom stereocenters. The van der Waals surface area contributed by atoms with Crippen molar-refractivity contribution < 1.29 is 0 Å². The first-order valence-corrected chi connectivity index (χ1v) is 7.34. The first kappa shape index (κ1) is 13.8. The van der Waals surface area contributed by atoms with Gasteiger partial charge in [-0.25, -0.2) is 4.98 Å². The molecule has 1 aromatic carbocycles. The summed E-state index contributed by atoms with van der Waals surface area (Å²) in [5.74, 6) is 0. The molecule has 5 heteroatoms. The number of hydrogen-bond acceptors (Lipinski definition) is 3. The van der Waals surface area contributed by atoms with Gasteiger partial charge in [-0.05, 0) is 19.5 Å². The van der Waals surface area contributed by atoms with E-state index in [1.165, 1.54) is 4.88 Å². The lowest BCUT2D eigenvalue weighted by Crippen LogP contribution is -2.16. The van der Waals surface area contributed by atoms with Crippen molar-refractivity contribution in [2.24, 2.45) is 0 Å². The largest absolute Gasteiger partial charge is 0.310 e. The van der Waals surface area contributed by atoms with Crippen LogP contribution >= 0.6 is 34.5 Å². The summed E-state index contributed by atoms with van der Waals surface area (Å²) in [6, 6.07) is 5.91. The molecule has 96 valence electrons. The molecule has 0 bridgehead atoms. The summed E-state index contributed by atoms with van der Waals surface area (Å²) in [5.41, 5.74) is 0.893. The first-order chi connectivity index (χ1) is 8.63. The van der Waals surface area contributed by atoms with Crippen LogP contribution in [-0.2, 0) is 0 Å². The molecule has 1 N–H and O–H groups in total. The van der Waals surface area contributed by atoms with Crippen LogP contribution < -0.4 is 5.32 Å². The second-order valence-electron chi connectivity index (χ2n) is 3.95. The van der Waals surface area contributed by atoms with E-state index in [4.69, 9.17) is 23.2 Å². The second kappa shape index (κ2) is 6.02. The van der Waals surface area contributed by atoms with E-state index >= 15 is 0 Å². The minimum Gasteiger partial charge on any atom is -0.310 e. The highest BCUT2D eigenvalue weighted by atomic mass is 35.5. The molecule has 0 saturated carbocycles. The molecule has 1 heterocycles. The molecule has 1 unspecified atom stereocenters. The summed E-state index contributed by atoms with van der Waals surface area (Å²) in [6.07, 6.45) is 1.89. The molecular weight excluding hydrogens is 287 g/mol. The van der Waals surface area contributed by atoms with E-state index in [1.54, 1.807) is 17.4 Å². The maximum absolute atomic E-state index is 6.20. The van der Waals surface area contributed by atoms with E-state index < -0.39 is 0 Å². The summed E-state index contributed by atoms with van der Waals surface area (Å²) >= 11 is 13.9. The molecule has 0 fully saturated rings. The van der Waals surface area contributed by atoms with E-state index in [-0.39, 0.29) is 0 Å². The average Bonchev–Trinajstić information content (AvgIpc) is 2.82. The third kappa shape index (κ3) is 2.86. The number of nitrogens with zero attached hydrogens (tertiary/aromatic N) is 1. The lowest BCUT2D eigenvalue weighted by atomic mass is 10.2. The Morgan fingerprint density at radius 3 is 2.89 bits per heavy atom. The molecule has 0 saturated heterocycles. The van der Waals surface area contributed by atoms with Gasteiger partial charge in [0, 0.05) is 22.7 Å². The fourth-order valence-corrected chi connectivity index (χ4v) is 3.11. The van der Waals surface area contributed by atoms with Crippen LogP contribution in [0.15, 0.2) is 24.4 Å². The predicted molar refractivity (Wildman–Crippen MR) is 79.7 cm³/mol. The highest BCUT2D eigenvalue weighted by Crippen LogP contribution is 2.36. The fraction of sp³-hybridized carbons (Fsp3) is 0.308. The quantitative estimate of drug-likeness (QED) is 0.878. The van der Waals surface area contributed by atoms with Gasteiger partial charge < -0.3 is 5.32 Å². The first-order valence-electron chi connectivity index (χ1n) is 5.77. The smallest absolute Gasteiger partial charge is 0.125 e. The minimum absolute atomic E-state index is 0.305. The van der Waals surface area contributed by atoms with E-state index in [1.807, 2.05) is 18.3 Å². The van der Waals surface area contributed by atoms with Gasteiger partial charge in [-0.3, -0.25) is 0 Å². The van der Waals surface area contributed by atoms with Gasteiger partial charge in [-0.15, -0.1) is 11.3 Å². The van der Waals surface area contributed by atoms with Crippen LogP contribution in [0.25, 0.3) is 10.6 Å². The molecule has 0 aliphatic rings. The molecule has 0 aliphatic carbocycles. The molecule has 0 spiro atoms. The van der Waals surface area contributed by atoms with Gasteiger partial charge in [0.2, 0.25) is 0 Å². The van der Waals surface area contributed by atoms with Crippen molar-refractivity contribution in [1.82, 2.24) is 10.3 Å². The topological polar surface area (TPSA) is 24.9 Å². The van der Waals surface area contributed by atoms with Crippen molar-refractivity contribution in [2.45, 2.75) is 19.9 Å². The van der Waals surface area contributed by atoms with Crippen LogP contribution in [0.3, 0.4) is 0 Å². The Kier molecular flexibility index (Phi) is 4.62. The van der Waals surface area contributed by atoms with Crippen LogP contribution in [0.4, 0.5) is 0 Å². The number of aromatic nitrogens is 1. The summed E-state index contributed by atoms with van der Waals surface area (Å²) in [4.78, 5) is 5.62. The summed E-state index contributed by atoms with van der Waals surface area (Å²) < 4.78 is 0. The Morgan fingerprint density at radius 2 is 2.17 bits per heavy atom. The summed E-state index contributed by atoms with van der Waals surface area (Å²) in [6.45, 7) is 5.15. The molecule has 0 radical (unpaired) electrons. The van der Waals surface area contributed by atoms with Crippen molar-refractivity contribution >= 4 is 34.5 Å². The molecule has 18 heavy (non-hydrogen) atoms. The monoisotopic (exact) mass is 300 g/mol. The Labute approximate surface area is 121 Å². The average molecular weight is 301 g/mol. The number of rotatable bonds is 4. The van der Waals surface area contributed by atoms with Crippen molar-refractivity contribution in [3.05, 3.63) is 39.3 Å². The van der Waals surface area contributed by atoms with Crippen LogP contribution in [0.1, 0.15) is 24.8 Å². The van der Waals surface area contributed by atoms with Crippen molar-refractivity contribution in [3.63, 3.8) is 0 Å². The standard InChI is InChI=1S/C13H14Cl2N2S/c1-3-16-8(2)11-7-17-13(18-11)9-5-4-6-10(14)12(9)15/h4-8,16H,3H2,1-2H3. The van der Waals surface area contributed by atoms with Gasteiger partial charge in [0.05, 0.1) is 10.0 Å². The van der Waals surface area contributed by atoms with Crippen LogP contribution in [0.2, 0.25) is 10.0 Å². The van der Waals surface area contributed by atoms with Crippen LogP contribution in [-0.4, -0.2) is 11.5 Å². The molecule has 0 amide bonds. The van der Waals surface area contributed by atoms with Crippen LogP contribution in [0.5, 0.6) is 0 Å². The SMILES string of the molecule is CCNC(C)c1cnc(-c2cccc(Cl)c2Cl)s1. The zero-order valence-corrected chi connectivity index (χ0v) is 12.5. The van der Waals surface area contributed by atoms with E-state index in [2.05, 4.69) is 24.1 Å². The number of halogens is 2. The summed E-state index contributed by atoms with van der Waals surface area (Å²) in [5, 5.41) is 5.40. The Morgan fingerprint density at radius 1 is 1.39 bits per heavy atom. The predicted octanol–water partition coefficient (Wildman–Crippen LogP) is 4.79. The zero-order valence-electron chi connectivity index (χ0n) is 10.2. The Hall–Kier alpha value is -0.610. The summed E-state index contributed by atoms with van der Waals surface area (Å²) in [7, 11) is 0. The minimum atomic E-state index is 0.305. The lowest BCUT2D eigenvalue weighted by molar-refractivity contribution is 0.606. The van der Waals surface area contributed by atoms with Gasteiger partial charge in [-0.1, -0.05) is 42.3 Å². The Bertz CT molecular complexity index is 540. The zero-order chi connectivity index (χ0) is 13.1. The third-order valence-corrected chi connectivity index (χ3v) is 4.67. The van der Waals surface area contributed by atoms with E-state index in [9.17, 15) is 0 Å². The van der Waals surface area contributed by atoms with E-state index in [0.717, 1.165) is 17.1 Å². The lowest BCUT2D eigenvalue weighted by Gasteiger charge is -2.08. The molecule has 0 aliphatic heterocycles. The molecule has 2 aromatic rings. The van der Waals surface area contributed by atoms with Gasteiger partial charge in [0.1, 0.15) is 5.01 Å². The van der Waals surface area contributed by atoms with Crippen molar-refractivity contribution in [1.29, 1.82) is 0 Å². The molecule has 2 rings (SSSR count). The maximum Gasteiger partial charge on any atom is 0.125 e. The maximum atomic E-state index is 6.20. The van der Waals surface area contributed by atoms with Gasteiger partial charge in [0.15, 0.2) is 0 Å². The van der Waals surface area contributed by atoms with Crippen molar-refractivity contribution in [2.75, 3.05) is 6.54 Å². The highest BCUT2D eigenvalue weighted by molar-refractivity contribution is 7.15. The van der Waals surface area contributed by atoms with Gasteiger partial charge in [-0.2, -0.15) is 0 Å². The Balaban J connectivity index is 2.32. The number of nitrogens with one attached hydrogen (secondary N) is 1. The number of thiazole rings is 1. The normalized spacial score (nSPS) is 12.7. The number of benzene rings is 1. The third-order valence-electron chi connectivity index (χ3n) is 2.64.